The Kier molecular flexibility index (Phi) is 5.65. The Morgan fingerprint density at radius 2 is 1.92 bits per heavy atom. The van der Waals surface area contributed by atoms with Gasteiger partial charge in [0.05, 0.1) is 18.4 Å². The van der Waals surface area contributed by atoms with Crippen LogP contribution < -0.4 is 0 Å². The largest absolute Gasteiger partial charge is 0.383 e. The molecule has 0 unspecified atom stereocenters. The van der Waals surface area contributed by atoms with Crippen LogP contribution in [0.4, 0.5) is 0 Å². The summed E-state index contributed by atoms with van der Waals surface area (Å²) in [6, 6.07) is 3.65. The summed E-state index contributed by atoms with van der Waals surface area (Å²) in [7, 11) is 3.45. The molecule has 0 fully saturated rings. The van der Waals surface area contributed by atoms with Gasteiger partial charge in [0.2, 0.25) is 0 Å². The molecule has 0 aromatic carbocycles. The van der Waals surface area contributed by atoms with Gasteiger partial charge in [-0.3, -0.25) is 14.5 Å². The van der Waals surface area contributed by atoms with Crippen LogP contribution in [-0.4, -0.2) is 55.8 Å². The molecule has 0 aliphatic rings. The summed E-state index contributed by atoms with van der Waals surface area (Å²) < 4.78 is 6.84. The van der Waals surface area contributed by atoms with E-state index < -0.39 is 0 Å². The quantitative estimate of drug-likeness (QED) is 0.641. The first-order valence-electron chi connectivity index (χ1n) is 8.15. The predicted molar refractivity (Wildman–Crippen MR) is 95.1 cm³/mol. The van der Waals surface area contributed by atoms with E-state index in [-0.39, 0.29) is 5.91 Å². The van der Waals surface area contributed by atoms with Crippen LogP contribution in [0.1, 0.15) is 15.9 Å². The van der Waals surface area contributed by atoms with Crippen molar-refractivity contribution in [2.24, 2.45) is 7.05 Å². The number of rotatable bonds is 7. The van der Waals surface area contributed by atoms with Gasteiger partial charge in [-0.05, 0) is 12.1 Å². The monoisotopic (exact) mass is 352 g/mol. The van der Waals surface area contributed by atoms with Gasteiger partial charge in [-0.25, -0.2) is 9.97 Å². The third-order valence-corrected chi connectivity index (χ3v) is 3.82. The van der Waals surface area contributed by atoms with Crippen molar-refractivity contribution in [3.63, 3.8) is 0 Å². The van der Waals surface area contributed by atoms with Gasteiger partial charge < -0.3 is 9.64 Å². The summed E-state index contributed by atoms with van der Waals surface area (Å²) in [6.07, 6.45) is 10.1. The first kappa shape index (κ1) is 17.7. The van der Waals surface area contributed by atoms with Crippen LogP contribution in [-0.2, 0) is 18.3 Å². The third-order valence-electron chi connectivity index (χ3n) is 3.82. The minimum absolute atomic E-state index is 0.146. The molecule has 3 heterocycles. The van der Waals surface area contributed by atoms with Crippen LogP contribution in [0, 0.1) is 0 Å². The number of hydrogen-bond acceptors (Lipinski definition) is 6. The lowest BCUT2D eigenvalue weighted by Crippen LogP contribution is -2.33. The van der Waals surface area contributed by atoms with Crippen LogP contribution in [0.15, 0.2) is 49.3 Å². The van der Waals surface area contributed by atoms with Crippen molar-refractivity contribution in [1.82, 2.24) is 29.6 Å². The molecule has 0 aliphatic carbocycles. The van der Waals surface area contributed by atoms with Gasteiger partial charge >= 0.3 is 0 Å². The highest BCUT2D eigenvalue weighted by molar-refractivity contribution is 5.93. The number of ether oxygens (including phenoxy) is 1. The highest BCUT2D eigenvalue weighted by atomic mass is 16.5. The van der Waals surface area contributed by atoms with Crippen LogP contribution in [0.3, 0.4) is 0 Å². The highest BCUT2D eigenvalue weighted by Crippen LogP contribution is 2.14. The number of carbonyl (C=O) groups excluding carboxylic acids is 1. The summed E-state index contributed by atoms with van der Waals surface area (Å²) in [5.41, 5.74) is 2.24. The molecule has 0 atom stereocenters. The predicted octanol–water partition coefficient (Wildman–Crippen LogP) is 1.56. The molecular weight excluding hydrogens is 332 g/mol. The van der Waals surface area contributed by atoms with E-state index in [2.05, 4.69) is 20.1 Å². The molecule has 26 heavy (non-hydrogen) atoms. The van der Waals surface area contributed by atoms with Crippen LogP contribution in [0.2, 0.25) is 0 Å². The Balaban J connectivity index is 1.77. The normalized spacial score (nSPS) is 10.7. The van der Waals surface area contributed by atoms with E-state index in [4.69, 9.17) is 4.74 Å². The standard InChI is InChI=1S/C18H20N6O2/c1-23-12-14(9-22-23)13-24(7-8-26-2)18(25)16-10-20-17(21-11-16)15-3-5-19-6-4-15/h3-6,9-12H,7-8,13H2,1-2H3. The maximum absolute atomic E-state index is 12.9. The Morgan fingerprint density at radius 3 is 2.54 bits per heavy atom. The minimum atomic E-state index is -0.146. The number of aromatic nitrogens is 5. The van der Waals surface area contributed by atoms with E-state index in [1.165, 1.54) is 0 Å². The maximum atomic E-state index is 12.9. The Labute approximate surface area is 151 Å². The Bertz CT molecular complexity index is 848. The second-order valence-corrected chi connectivity index (χ2v) is 5.77. The van der Waals surface area contributed by atoms with E-state index in [9.17, 15) is 4.79 Å². The molecule has 3 aromatic rings. The summed E-state index contributed by atoms with van der Waals surface area (Å²) in [5.74, 6) is 0.409. The van der Waals surface area contributed by atoms with Gasteiger partial charge in [0.25, 0.3) is 5.91 Å². The topological polar surface area (TPSA) is 86.0 Å². The number of amides is 1. The molecule has 3 aromatic heterocycles. The molecule has 8 heteroatoms. The van der Waals surface area contributed by atoms with Gasteiger partial charge in [0, 0.05) is 69.4 Å². The SMILES string of the molecule is COCCN(Cc1cnn(C)c1)C(=O)c1cnc(-c2ccncc2)nc1. The van der Waals surface area contributed by atoms with Crippen LogP contribution >= 0.6 is 0 Å². The van der Waals surface area contributed by atoms with E-state index in [0.29, 0.717) is 31.1 Å². The van der Waals surface area contributed by atoms with Crippen molar-refractivity contribution in [1.29, 1.82) is 0 Å². The number of nitrogens with zero attached hydrogens (tertiary/aromatic N) is 6. The van der Waals surface area contributed by atoms with E-state index in [1.807, 2.05) is 25.4 Å². The summed E-state index contributed by atoms with van der Waals surface area (Å²) in [5, 5.41) is 4.14. The van der Waals surface area contributed by atoms with Crippen molar-refractivity contribution >= 4 is 5.91 Å². The summed E-state index contributed by atoms with van der Waals surface area (Å²) in [6.45, 7) is 1.36. The fraction of sp³-hybridized carbons (Fsp3) is 0.278. The van der Waals surface area contributed by atoms with E-state index in [0.717, 1.165) is 11.1 Å². The average molecular weight is 352 g/mol. The molecule has 0 saturated carbocycles. The Morgan fingerprint density at radius 1 is 1.19 bits per heavy atom. The second kappa shape index (κ2) is 8.30. The van der Waals surface area contributed by atoms with Crippen LogP contribution in [0.5, 0.6) is 0 Å². The lowest BCUT2D eigenvalue weighted by Gasteiger charge is -2.21. The summed E-state index contributed by atoms with van der Waals surface area (Å²) >= 11 is 0. The molecule has 0 bridgehead atoms. The Hall–Kier alpha value is -3.13. The molecule has 0 spiro atoms. The van der Waals surface area contributed by atoms with Gasteiger partial charge in [-0.2, -0.15) is 5.10 Å². The number of aryl methyl sites for hydroxylation is 1. The number of hydrogen-bond donors (Lipinski definition) is 0. The number of pyridine rings is 1. The zero-order chi connectivity index (χ0) is 18.4. The first-order chi connectivity index (χ1) is 12.7. The summed E-state index contributed by atoms with van der Waals surface area (Å²) in [4.78, 5) is 27.2. The van der Waals surface area contributed by atoms with Crippen molar-refractivity contribution in [2.75, 3.05) is 20.3 Å². The van der Waals surface area contributed by atoms with Gasteiger partial charge in [0.15, 0.2) is 5.82 Å². The number of carbonyl (C=O) groups is 1. The van der Waals surface area contributed by atoms with Crippen molar-refractivity contribution < 1.29 is 9.53 Å². The third kappa shape index (κ3) is 4.28. The molecule has 134 valence electrons. The van der Waals surface area contributed by atoms with E-state index in [1.54, 1.807) is 47.7 Å². The van der Waals surface area contributed by atoms with E-state index >= 15 is 0 Å². The van der Waals surface area contributed by atoms with Crippen molar-refractivity contribution in [3.8, 4) is 11.4 Å². The zero-order valence-corrected chi connectivity index (χ0v) is 14.7. The zero-order valence-electron chi connectivity index (χ0n) is 14.7. The smallest absolute Gasteiger partial charge is 0.257 e. The van der Waals surface area contributed by atoms with Crippen molar-refractivity contribution in [2.45, 2.75) is 6.54 Å². The number of methoxy groups -OCH3 is 1. The molecule has 0 N–H and O–H groups in total. The molecule has 0 saturated heterocycles. The second-order valence-electron chi connectivity index (χ2n) is 5.77. The molecule has 8 nitrogen and oxygen atoms in total. The fourth-order valence-corrected chi connectivity index (χ4v) is 2.50. The minimum Gasteiger partial charge on any atom is -0.383 e. The molecular formula is C18H20N6O2. The molecule has 0 radical (unpaired) electrons. The molecule has 0 aliphatic heterocycles. The van der Waals surface area contributed by atoms with Gasteiger partial charge in [-0.1, -0.05) is 0 Å². The lowest BCUT2D eigenvalue weighted by molar-refractivity contribution is 0.0679. The average Bonchev–Trinajstić information content (AvgIpc) is 3.10. The molecule has 3 rings (SSSR count). The lowest BCUT2D eigenvalue weighted by atomic mass is 10.2. The highest BCUT2D eigenvalue weighted by Gasteiger charge is 2.18. The van der Waals surface area contributed by atoms with Gasteiger partial charge in [-0.15, -0.1) is 0 Å². The maximum Gasteiger partial charge on any atom is 0.257 e. The fourth-order valence-electron chi connectivity index (χ4n) is 2.50. The van der Waals surface area contributed by atoms with Crippen LogP contribution in [0.25, 0.3) is 11.4 Å². The van der Waals surface area contributed by atoms with Gasteiger partial charge in [0.1, 0.15) is 0 Å². The molecule has 1 amide bonds. The first-order valence-corrected chi connectivity index (χ1v) is 8.15. The van der Waals surface area contributed by atoms with Crippen molar-refractivity contribution in [3.05, 3.63) is 60.4 Å².